The fourth-order valence-corrected chi connectivity index (χ4v) is 2.90. The highest BCUT2D eigenvalue weighted by molar-refractivity contribution is 6.01. The lowest BCUT2D eigenvalue weighted by molar-refractivity contribution is 0.0974. The van der Waals surface area contributed by atoms with E-state index in [0.29, 0.717) is 5.56 Å². The summed E-state index contributed by atoms with van der Waals surface area (Å²) in [6.07, 6.45) is 3.91. The van der Waals surface area contributed by atoms with Crippen LogP contribution in [0.1, 0.15) is 46.2 Å². The number of benzene rings is 1. The monoisotopic (exact) mass is 329 g/mol. The molecule has 1 heterocycles. The first-order valence-corrected chi connectivity index (χ1v) is 7.55. The normalized spacial score (nSPS) is 14.2. The fourth-order valence-electron chi connectivity index (χ4n) is 2.90. The van der Waals surface area contributed by atoms with Crippen molar-refractivity contribution in [1.29, 1.82) is 0 Å². The lowest BCUT2D eigenvalue weighted by atomic mass is 9.90. The van der Waals surface area contributed by atoms with E-state index in [9.17, 15) is 18.8 Å². The molecule has 2 amide bonds. The predicted molar refractivity (Wildman–Crippen MR) is 86.0 cm³/mol. The average molecular weight is 329 g/mol. The number of rotatable bonds is 4. The quantitative estimate of drug-likeness (QED) is 0.888. The maximum Gasteiger partial charge on any atom is 0.266 e. The first-order valence-electron chi connectivity index (χ1n) is 7.55. The van der Waals surface area contributed by atoms with E-state index in [1.165, 1.54) is 30.5 Å². The van der Waals surface area contributed by atoms with E-state index in [-0.39, 0.29) is 22.9 Å². The molecule has 0 aliphatic heterocycles. The lowest BCUT2D eigenvalue weighted by Crippen LogP contribution is -2.33. The van der Waals surface area contributed by atoms with E-state index in [1.807, 2.05) is 0 Å². The van der Waals surface area contributed by atoms with Gasteiger partial charge in [-0.05, 0) is 37.0 Å². The van der Waals surface area contributed by atoms with E-state index >= 15 is 0 Å². The molecule has 0 radical (unpaired) electrons. The molecule has 0 spiro atoms. The fraction of sp³-hybridized carbons (Fsp3) is 0.235. The number of nitrogens with zero attached hydrogens (tertiary/aromatic N) is 1. The van der Waals surface area contributed by atoms with Crippen LogP contribution in [-0.4, -0.2) is 16.4 Å². The van der Waals surface area contributed by atoms with E-state index < -0.39 is 23.1 Å². The van der Waals surface area contributed by atoms with Crippen LogP contribution in [0.2, 0.25) is 0 Å². The summed E-state index contributed by atoms with van der Waals surface area (Å²) in [5, 5.41) is 0. The first kappa shape index (κ1) is 15.9. The highest BCUT2D eigenvalue weighted by Crippen LogP contribution is 2.34. The van der Waals surface area contributed by atoms with Crippen LogP contribution in [0.5, 0.6) is 0 Å². The molecule has 1 fully saturated rings. The third kappa shape index (κ3) is 2.58. The second-order valence-corrected chi connectivity index (χ2v) is 5.82. The van der Waals surface area contributed by atoms with E-state index in [2.05, 4.69) is 0 Å². The summed E-state index contributed by atoms with van der Waals surface area (Å²) >= 11 is 0. The molecule has 1 aliphatic carbocycles. The summed E-state index contributed by atoms with van der Waals surface area (Å²) in [4.78, 5) is 36.4. The average Bonchev–Trinajstić information content (AvgIpc) is 2.47. The summed E-state index contributed by atoms with van der Waals surface area (Å²) in [6.45, 7) is 0. The number of halogens is 1. The Morgan fingerprint density at radius 1 is 1.08 bits per heavy atom. The van der Waals surface area contributed by atoms with Crippen molar-refractivity contribution in [3.8, 4) is 11.1 Å². The number of carbonyl (C=O) groups is 2. The first-order chi connectivity index (χ1) is 11.4. The number of amides is 2. The van der Waals surface area contributed by atoms with Gasteiger partial charge in [0.1, 0.15) is 17.1 Å². The van der Waals surface area contributed by atoms with Crippen LogP contribution in [0.25, 0.3) is 11.1 Å². The van der Waals surface area contributed by atoms with Gasteiger partial charge in [0.25, 0.3) is 11.8 Å². The van der Waals surface area contributed by atoms with Crippen LogP contribution >= 0.6 is 0 Å². The third-order valence-electron chi connectivity index (χ3n) is 4.33. The van der Waals surface area contributed by atoms with Gasteiger partial charge in [-0.2, -0.15) is 0 Å². The van der Waals surface area contributed by atoms with Gasteiger partial charge in [0.15, 0.2) is 0 Å². The van der Waals surface area contributed by atoms with Gasteiger partial charge in [0.2, 0.25) is 5.43 Å². The summed E-state index contributed by atoms with van der Waals surface area (Å²) < 4.78 is 14.8. The molecule has 0 saturated heterocycles. The van der Waals surface area contributed by atoms with Gasteiger partial charge in [-0.25, -0.2) is 4.39 Å². The Morgan fingerprint density at radius 2 is 1.71 bits per heavy atom. The van der Waals surface area contributed by atoms with Crippen molar-refractivity contribution in [3.05, 3.63) is 57.8 Å². The summed E-state index contributed by atoms with van der Waals surface area (Å²) in [7, 11) is 0. The SMILES string of the molecule is NC(=O)c1cn(C2CCC2)c(C(N)=O)c(-c2ccc(F)cc2)c1=O. The molecule has 0 unspecified atom stereocenters. The molecule has 4 N–H and O–H groups in total. The highest BCUT2D eigenvalue weighted by atomic mass is 19.1. The number of hydrogen-bond acceptors (Lipinski definition) is 3. The molecule has 7 heteroatoms. The van der Waals surface area contributed by atoms with Crippen molar-refractivity contribution < 1.29 is 14.0 Å². The van der Waals surface area contributed by atoms with Crippen LogP contribution in [0.15, 0.2) is 35.3 Å². The lowest BCUT2D eigenvalue weighted by Gasteiger charge is -2.31. The zero-order valence-electron chi connectivity index (χ0n) is 12.8. The number of carbonyl (C=O) groups excluding carboxylic acids is 2. The van der Waals surface area contributed by atoms with Gasteiger partial charge >= 0.3 is 0 Å². The minimum atomic E-state index is -0.882. The Bertz CT molecular complexity index is 883. The Kier molecular flexibility index (Phi) is 3.92. The largest absolute Gasteiger partial charge is 0.365 e. The zero-order chi connectivity index (χ0) is 17.4. The Morgan fingerprint density at radius 3 is 2.17 bits per heavy atom. The maximum atomic E-state index is 13.2. The maximum absolute atomic E-state index is 13.2. The van der Waals surface area contributed by atoms with Crippen molar-refractivity contribution in [2.24, 2.45) is 11.5 Å². The zero-order valence-corrected chi connectivity index (χ0v) is 12.8. The number of hydrogen-bond donors (Lipinski definition) is 2. The molecule has 0 bridgehead atoms. The topological polar surface area (TPSA) is 108 Å². The second kappa shape index (κ2) is 5.92. The number of pyridine rings is 1. The van der Waals surface area contributed by atoms with Gasteiger partial charge in [0.05, 0.1) is 5.56 Å². The molecular weight excluding hydrogens is 313 g/mol. The second-order valence-electron chi connectivity index (χ2n) is 5.82. The molecule has 3 rings (SSSR count). The summed E-state index contributed by atoms with van der Waals surface area (Å²) in [5.74, 6) is -2.15. The Labute approximate surface area is 136 Å². The Balaban J connectivity index is 2.37. The molecule has 124 valence electrons. The van der Waals surface area contributed by atoms with Gasteiger partial charge in [-0.15, -0.1) is 0 Å². The van der Waals surface area contributed by atoms with Crippen LogP contribution in [-0.2, 0) is 0 Å². The highest BCUT2D eigenvalue weighted by Gasteiger charge is 2.28. The van der Waals surface area contributed by atoms with Crippen LogP contribution in [0, 0.1) is 5.82 Å². The molecule has 1 aliphatic rings. The van der Waals surface area contributed by atoms with Gasteiger partial charge < -0.3 is 16.0 Å². The third-order valence-corrected chi connectivity index (χ3v) is 4.33. The van der Waals surface area contributed by atoms with Crippen molar-refractivity contribution in [1.82, 2.24) is 4.57 Å². The minimum Gasteiger partial charge on any atom is -0.365 e. The number of primary amides is 2. The molecule has 24 heavy (non-hydrogen) atoms. The smallest absolute Gasteiger partial charge is 0.266 e. The molecule has 1 aromatic carbocycles. The van der Waals surface area contributed by atoms with E-state index in [0.717, 1.165) is 19.3 Å². The van der Waals surface area contributed by atoms with E-state index in [1.54, 1.807) is 4.57 Å². The minimum absolute atomic E-state index is 0.0151. The van der Waals surface area contributed by atoms with Crippen molar-refractivity contribution >= 4 is 11.8 Å². The van der Waals surface area contributed by atoms with Crippen molar-refractivity contribution in [3.63, 3.8) is 0 Å². The van der Waals surface area contributed by atoms with Gasteiger partial charge in [-0.3, -0.25) is 14.4 Å². The Hall–Kier alpha value is -2.96. The molecular formula is C17H16FN3O3. The summed E-state index contributed by atoms with van der Waals surface area (Å²) in [6, 6.07) is 5.06. The predicted octanol–water partition coefficient (Wildman–Crippen LogP) is 1.58. The molecule has 1 saturated carbocycles. The summed E-state index contributed by atoms with van der Waals surface area (Å²) in [5.41, 5.74) is 10.2. The molecule has 2 aromatic rings. The van der Waals surface area contributed by atoms with E-state index in [4.69, 9.17) is 11.5 Å². The molecule has 0 atom stereocenters. The molecule has 1 aromatic heterocycles. The number of nitrogens with two attached hydrogens (primary N) is 2. The van der Waals surface area contributed by atoms with Crippen LogP contribution in [0.3, 0.4) is 0 Å². The van der Waals surface area contributed by atoms with Crippen molar-refractivity contribution in [2.45, 2.75) is 25.3 Å². The molecule has 6 nitrogen and oxygen atoms in total. The standard InChI is InChI=1S/C17H16FN3O3/c18-10-6-4-9(5-7-10)13-14(17(20)24)21(11-2-1-3-11)8-12(15(13)22)16(19)23/h4-8,11H,1-3H2,(H2,19,23)(H2,20,24). The van der Waals surface area contributed by atoms with Gasteiger partial charge in [-0.1, -0.05) is 12.1 Å². The number of aromatic nitrogens is 1. The van der Waals surface area contributed by atoms with Crippen molar-refractivity contribution in [2.75, 3.05) is 0 Å². The van der Waals surface area contributed by atoms with Crippen LogP contribution < -0.4 is 16.9 Å². The van der Waals surface area contributed by atoms with Gasteiger partial charge in [0, 0.05) is 12.2 Å². The van der Waals surface area contributed by atoms with Crippen LogP contribution in [0.4, 0.5) is 4.39 Å².